The summed E-state index contributed by atoms with van der Waals surface area (Å²) in [6, 6.07) is 0.467. The zero-order valence-corrected chi connectivity index (χ0v) is 17.5. The summed E-state index contributed by atoms with van der Waals surface area (Å²) in [5, 5.41) is 0. The maximum absolute atomic E-state index is 5.93. The standard InChI is InChI=1S/C22H47N3/c1-4-5-6-7-8-9-10-11-12-13-14-15-16-17-18-25(19-21(2)23)20-22(3)24/h10-11,21-22H,4-9,12-20,23-24H2,1-3H3/b11-10+. The second kappa shape index (κ2) is 18.4. The molecule has 0 aliphatic rings. The third kappa shape index (κ3) is 19.8. The summed E-state index contributed by atoms with van der Waals surface area (Å²) in [5.74, 6) is 0. The van der Waals surface area contributed by atoms with Crippen LogP contribution in [0.5, 0.6) is 0 Å². The SMILES string of the molecule is CCCCCCC/C=C/CCCCCCCN(CC(C)N)CC(C)N. The molecule has 0 aromatic carbocycles. The summed E-state index contributed by atoms with van der Waals surface area (Å²) in [7, 11) is 0. The van der Waals surface area contributed by atoms with E-state index in [0.29, 0.717) is 0 Å². The fraction of sp³-hybridized carbons (Fsp3) is 0.909. The Bertz CT molecular complexity index is 277. The van der Waals surface area contributed by atoms with E-state index in [1.807, 2.05) is 0 Å². The van der Waals surface area contributed by atoms with Gasteiger partial charge in [-0.05, 0) is 52.5 Å². The van der Waals surface area contributed by atoms with E-state index in [1.54, 1.807) is 0 Å². The molecule has 0 aromatic rings. The van der Waals surface area contributed by atoms with Crippen LogP contribution in [0, 0.1) is 0 Å². The molecule has 4 N–H and O–H groups in total. The highest BCUT2D eigenvalue weighted by Gasteiger charge is 2.09. The lowest BCUT2D eigenvalue weighted by Crippen LogP contribution is -2.42. The molecule has 25 heavy (non-hydrogen) atoms. The van der Waals surface area contributed by atoms with E-state index >= 15 is 0 Å². The zero-order valence-electron chi connectivity index (χ0n) is 17.5. The van der Waals surface area contributed by atoms with Crippen molar-refractivity contribution >= 4 is 0 Å². The first kappa shape index (κ1) is 24.6. The first-order valence-electron chi connectivity index (χ1n) is 10.9. The van der Waals surface area contributed by atoms with E-state index in [1.165, 1.54) is 77.0 Å². The molecule has 3 heteroatoms. The maximum Gasteiger partial charge on any atom is 0.0139 e. The van der Waals surface area contributed by atoms with Gasteiger partial charge in [0.2, 0.25) is 0 Å². The van der Waals surface area contributed by atoms with Crippen LogP contribution in [0.1, 0.15) is 97.8 Å². The van der Waals surface area contributed by atoms with Crippen LogP contribution in [-0.4, -0.2) is 36.6 Å². The third-order valence-corrected chi connectivity index (χ3v) is 4.58. The van der Waals surface area contributed by atoms with Crippen LogP contribution in [0.2, 0.25) is 0 Å². The lowest BCUT2D eigenvalue weighted by Gasteiger charge is -2.25. The molecule has 0 heterocycles. The molecule has 0 aromatic heterocycles. The van der Waals surface area contributed by atoms with Gasteiger partial charge in [0.15, 0.2) is 0 Å². The van der Waals surface area contributed by atoms with Gasteiger partial charge >= 0.3 is 0 Å². The number of nitrogens with two attached hydrogens (primary N) is 2. The molecule has 2 unspecified atom stereocenters. The second-order valence-electron chi connectivity index (χ2n) is 7.94. The Kier molecular flexibility index (Phi) is 18.1. The van der Waals surface area contributed by atoms with Crippen molar-refractivity contribution in [3.05, 3.63) is 12.2 Å². The molecule has 0 aliphatic heterocycles. The normalized spacial score (nSPS) is 14.5. The number of unbranched alkanes of at least 4 members (excludes halogenated alkanes) is 10. The van der Waals surface area contributed by atoms with Crippen molar-refractivity contribution in [1.82, 2.24) is 4.90 Å². The first-order valence-corrected chi connectivity index (χ1v) is 10.9. The molecule has 0 amide bonds. The predicted octanol–water partition coefficient (Wildman–Crippen LogP) is 5.24. The Hall–Kier alpha value is -0.380. The molecular formula is C22H47N3. The van der Waals surface area contributed by atoms with Gasteiger partial charge in [0.25, 0.3) is 0 Å². The lowest BCUT2D eigenvalue weighted by atomic mass is 10.1. The van der Waals surface area contributed by atoms with Crippen LogP contribution in [0.25, 0.3) is 0 Å². The van der Waals surface area contributed by atoms with E-state index in [4.69, 9.17) is 11.5 Å². The highest BCUT2D eigenvalue weighted by molar-refractivity contribution is 4.81. The van der Waals surface area contributed by atoms with Crippen molar-refractivity contribution in [3.8, 4) is 0 Å². The zero-order chi connectivity index (χ0) is 18.8. The molecule has 0 radical (unpaired) electrons. The molecular weight excluding hydrogens is 306 g/mol. The molecule has 0 saturated heterocycles. The van der Waals surface area contributed by atoms with Crippen LogP contribution in [-0.2, 0) is 0 Å². The van der Waals surface area contributed by atoms with Gasteiger partial charge in [-0.2, -0.15) is 0 Å². The Morgan fingerprint density at radius 2 is 1.12 bits per heavy atom. The summed E-state index contributed by atoms with van der Waals surface area (Å²) in [4.78, 5) is 2.43. The quantitative estimate of drug-likeness (QED) is 0.262. The van der Waals surface area contributed by atoms with Crippen LogP contribution < -0.4 is 11.5 Å². The monoisotopic (exact) mass is 353 g/mol. The van der Waals surface area contributed by atoms with Gasteiger partial charge in [0, 0.05) is 25.2 Å². The molecule has 0 rings (SSSR count). The van der Waals surface area contributed by atoms with E-state index in [2.05, 4.69) is 37.8 Å². The number of hydrogen-bond acceptors (Lipinski definition) is 3. The fourth-order valence-electron chi connectivity index (χ4n) is 3.30. The number of nitrogens with zero attached hydrogens (tertiary/aromatic N) is 1. The summed E-state index contributed by atoms with van der Waals surface area (Å²) < 4.78 is 0. The van der Waals surface area contributed by atoms with E-state index in [9.17, 15) is 0 Å². The molecule has 0 bridgehead atoms. The summed E-state index contributed by atoms with van der Waals surface area (Å²) in [5.41, 5.74) is 11.9. The van der Waals surface area contributed by atoms with Crippen molar-refractivity contribution in [2.75, 3.05) is 19.6 Å². The van der Waals surface area contributed by atoms with Crippen molar-refractivity contribution < 1.29 is 0 Å². The molecule has 150 valence electrons. The Morgan fingerprint density at radius 1 is 0.680 bits per heavy atom. The minimum Gasteiger partial charge on any atom is -0.327 e. The second-order valence-corrected chi connectivity index (χ2v) is 7.94. The average Bonchev–Trinajstić information content (AvgIpc) is 2.54. The largest absolute Gasteiger partial charge is 0.327 e. The smallest absolute Gasteiger partial charge is 0.0139 e. The van der Waals surface area contributed by atoms with Gasteiger partial charge in [0.1, 0.15) is 0 Å². The fourth-order valence-corrected chi connectivity index (χ4v) is 3.30. The van der Waals surface area contributed by atoms with Gasteiger partial charge < -0.3 is 16.4 Å². The number of hydrogen-bond donors (Lipinski definition) is 2. The third-order valence-electron chi connectivity index (χ3n) is 4.58. The van der Waals surface area contributed by atoms with Crippen LogP contribution >= 0.6 is 0 Å². The maximum atomic E-state index is 5.93. The van der Waals surface area contributed by atoms with Crippen molar-refractivity contribution in [2.45, 2.75) is 110 Å². The summed E-state index contributed by atoms with van der Waals surface area (Å²) in [6.07, 6.45) is 20.9. The molecule has 3 nitrogen and oxygen atoms in total. The minimum absolute atomic E-state index is 0.234. The van der Waals surface area contributed by atoms with E-state index < -0.39 is 0 Å². The van der Waals surface area contributed by atoms with Gasteiger partial charge in [-0.15, -0.1) is 0 Å². The van der Waals surface area contributed by atoms with Gasteiger partial charge in [-0.25, -0.2) is 0 Å². The van der Waals surface area contributed by atoms with Crippen molar-refractivity contribution in [1.29, 1.82) is 0 Å². The molecule has 2 atom stereocenters. The minimum atomic E-state index is 0.234. The molecule has 0 aliphatic carbocycles. The lowest BCUT2D eigenvalue weighted by molar-refractivity contribution is 0.244. The highest BCUT2D eigenvalue weighted by Crippen LogP contribution is 2.09. The first-order chi connectivity index (χ1) is 12.1. The van der Waals surface area contributed by atoms with Crippen LogP contribution in [0.4, 0.5) is 0 Å². The number of rotatable bonds is 18. The summed E-state index contributed by atoms with van der Waals surface area (Å²) >= 11 is 0. The molecule has 0 spiro atoms. The van der Waals surface area contributed by atoms with Crippen molar-refractivity contribution in [2.24, 2.45) is 11.5 Å². The molecule has 0 saturated carbocycles. The Labute approximate surface area is 158 Å². The van der Waals surface area contributed by atoms with Crippen molar-refractivity contribution in [3.63, 3.8) is 0 Å². The van der Waals surface area contributed by atoms with Crippen LogP contribution in [0.3, 0.4) is 0 Å². The topological polar surface area (TPSA) is 55.3 Å². The predicted molar refractivity (Wildman–Crippen MR) is 114 cm³/mol. The van der Waals surface area contributed by atoms with E-state index in [-0.39, 0.29) is 12.1 Å². The van der Waals surface area contributed by atoms with E-state index in [0.717, 1.165) is 19.6 Å². The van der Waals surface area contributed by atoms with Gasteiger partial charge in [-0.3, -0.25) is 0 Å². The highest BCUT2D eigenvalue weighted by atomic mass is 15.1. The Morgan fingerprint density at radius 3 is 1.60 bits per heavy atom. The Balaban J connectivity index is 3.44. The number of allylic oxidation sites excluding steroid dienone is 2. The van der Waals surface area contributed by atoms with Gasteiger partial charge in [-0.1, -0.05) is 64.0 Å². The average molecular weight is 354 g/mol. The summed E-state index contributed by atoms with van der Waals surface area (Å²) in [6.45, 7) is 9.49. The van der Waals surface area contributed by atoms with Crippen LogP contribution in [0.15, 0.2) is 12.2 Å². The van der Waals surface area contributed by atoms with Gasteiger partial charge in [0.05, 0.1) is 0 Å². The molecule has 0 fully saturated rings.